The minimum atomic E-state index is 0.399. The van der Waals surface area contributed by atoms with Crippen molar-refractivity contribution in [3.63, 3.8) is 0 Å². The quantitative estimate of drug-likeness (QED) is 0.598. The number of rotatable bonds is 3. The lowest BCUT2D eigenvalue weighted by molar-refractivity contribution is 0.983. The molecule has 0 amide bonds. The highest BCUT2D eigenvalue weighted by Crippen LogP contribution is 2.34. The molecular formula is C16H12Cl2N2S. The predicted molar refractivity (Wildman–Crippen MR) is 89.4 cm³/mol. The molecule has 21 heavy (non-hydrogen) atoms. The van der Waals surface area contributed by atoms with E-state index in [9.17, 15) is 0 Å². The van der Waals surface area contributed by atoms with E-state index < -0.39 is 0 Å². The fraction of sp³-hybridized carbons (Fsp3) is 0.125. The molecule has 0 unspecified atom stereocenters. The molecule has 0 atom stereocenters. The molecular weight excluding hydrogens is 323 g/mol. The minimum Gasteiger partial charge on any atom is -0.220 e. The van der Waals surface area contributed by atoms with Crippen molar-refractivity contribution in [3.05, 3.63) is 68.3 Å². The van der Waals surface area contributed by atoms with Crippen LogP contribution in [0.1, 0.15) is 16.3 Å². The monoisotopic (exact) mass is 334 g/mol. The van der Waals surface area contributed by atoms with Gasteiger partial charge in [0.05, 0.1) is 5.56 Å². The van der Waals surface area contributed by atoms with Gasteiger partial charge in [0.25, 0.3) is 0 Å². The lowest BCUT2D eigenvalue weighted by atomic mass is 10.0. The van der Waals surface area contributed by atoms with Gasteiger partial charge in [0.1, 0.15) is 16.1 Å². The fourth-order valence-electron chi connectivity index (χ4n) is 2.17. The number of aryl methyl sites for hydroxylation is 1. The Morgan fingerprint density at radius 1 is 1.00 bits per heavy atom. The van der Waals surface area contributed by atoms with Crippen LogP contribution in [0.5, 0.6) is 0 Å². The zero-order chi connectivity index (χ0) is 14.8. The highest BCUT2D eigenvalue weighted by Gasteiger charge is 2.15. The molecule has 5 heteroatoms. The zero-order valence-corrected chi connectivity index (χ0v) is 13.6. The van der Waals surface area contributed by atoms with Crippen LogP contribution in [0.4, 0.5) is 0 Å². The minimum absolute atomic E-state index is 0.399. The number of nitrogens with zero attached hydrogens (tertiary/aromatic N) is 2. The Kier molecular flexibility index (Phi) is 4.24. The van der Waals surface area contributed by atoms with Gasteiger partial charge in [-0.3, -0.25) is 0 Å². The molecule has 0 aliphatic rings. The number of halogens is 2. The van der Waals surface area contributed by atoms with Crippen LogP contribution in [0.25, 0.3) is 11.1 Å². The van der Waals surface area contributed by atoms with E-state index >= 15 is 0 Å². The molecule has 3 rings (SSSR count). The first kappa shape index (κ1) is 14.5. The van der Waals surface area contributed by atoms with Crippen LogP contribution >= 0.6 is 34.5 Å². The van der Waals surface area contributed by atoms with Crippen LogP contribution in [0.2, 0.25) is 10.3 Å². The van der Waals surface area contributed by atoms with Gasteiger partial charge in [-0.2, -0.15) is 0 Å². The SMILES string of the molecule is Cc1ccccc1-c1c(Cl)nc(Cc2cccs2)nc1Cl. The fourth-order valence-corrected chi connectivity index (χ4v) is 3.50. The zero-order valence-electron chi connectivity index (χ0n) is 11.3. The molecule has 2 nitrogen and oxygen atoms in total. The third kappa shape index (κ3) is 3.10. The van der Waals surface area contributed by atoms with Crippen LogP contribution in [0.15, 0.2) is 41.8 Å². The smallest absolute Gasteiger partial charge is 0.142 e. The number of benzene rings is 1. The highest BCUT2D eigenvalue weighted by molar-refractivity contribution is 7.09. The van der Waals surface area contributed by atoms with Gasteiger partial charge < -0.3 is 0 Å². The van der Waals surface area contributed by atoms with Crippen LogP contribution in [0, 0.1) is 6.92 Å². The van der Waals surface area contributed by atoms with Gasteiger partial charge in [-0.1, -0.05) is 53.5 Å². The Hall–Kier alpha value is -1.42. The number of hydrogen-bond donors (Lipinski definition) is 0. The lowest BCUT2D eigenvalue weighted by Crippen LogP contribution is -1.99. The van der Waals surface area contributed by atoms with Gasteiger partial charge in [0.15, 0.2) is 0 Å². The van der Waals surface area contributed by atoms with Crippen molar-refractivity contribution in [1.82, 2.24) is 9.97 Å². The summed E-state index contributed by atoms with van der Waals surface area (Å²) < 4.78 is 0. The summed E-state index contributed by atoms with van der Waals surface area (Å²) in [5.74, 6) is 0.643. The third-order valence-electron chi connectivity index (χ3n) is 3.19. The van der Waals surface area contributed by atoms with Crippen molar-refractivity contribution in [1.29, 1.82) is 0 Å². The largest absolute Gasteiger partial charge is 0.220 e. The van der Waals surface area contributed by atoms with E-state index in [1.165, 1.54) is 4.88 Å². The van der Waals surface area contributed by atoms with Crippen molar-refractivity contribution >= 4 is 34.5 Å². The van der Waals surface area contributed by atoms with Crippen LogP contribution in [-0.4, -0.2) is 9.97 Å². The molecule has 0 fully saturated rings. The molecule has 2 heterocycles. The number of hydrogen-bond acceptors (Lipinski definition) is 3. The average molecular weight is 335 g/mol. The molecule has 3 aromatic rings. The van der Waals surface area contributed by atoms with Crippen molar-refractivity contribution in [3.8, 4) is 11.1 Å². The molecule has 106 valence electrons. The summed E-state index contributed by atoms with van der Waals surface area (Å²) in [6.07, 6.45) is 0.644. The summed E-state index contributed by atoms with van der Waals surface area (Å²) >= 11 is 14.4. The van der Waals surface area contributed by atoms with E-state index in [1.807, 2.05) is 48.7 Å². The summed E-state index contributed by atoms with van der Waals surface area (Å²) in [6.45, 7) is 2.02. The Morgan fingerprint density at radius 3 is 2.33 bits per heavy atom. The molecule has 0 spiro atoms. The van der Waals surface area contributed by atoms with E-state index in [0.717, 1.165) is 11.1 Å². The normalized spacial score (nSPS) is 10.8. The predicted octanol–water partition coefficient (Wildman–Crippen LogP) is 5.41. The summed E-state index contributed by atoms with van der Waals surface area (Å²) in [5, 5.41) is 2.83. The standard InChI is InChI=1S/C16H12Cl2N2S/c1-10-5-2-3-7-12(10)14-15(17)19-13(20-16(14)18)9-11-6-4-8-21-11/h2-8H,9H2,1H3. The lowest BCUT2D eigenvalue weighted by Gasteiger charge is -2.10. The van der Waals surface area contributed by atoms with Gasteiger partial charge in [-0.05, 0) is 29.5 Å². The number of aromatic nitrogens is 2. The van der Waals surface area contributed by atoms with Crippen molar-refractivity contribution < 1.29 is 0 Å². The van der Waals surface area contributed by atoms with Gasteiger partial charge in [-0.15, -0.1) is 11.3 Å². The maximum atomic E-state index is 6.35. The average Bonchev–Trinajstić information content (AvgIpc) is 2.93. The number of thiophene rings is 1. The van der Waals surface area contributed by atoms with E-state index in [-0.39, 0.29) is 0 Å². The van der Waals surface area contributed by atoms with Gasteiger partial charge in [0, 0.05) is 11.3 Å². The molecule has 0 saturated carbocycles. The molecule has 0 bridgehead atoms. The molecule has 0 saturated heterocycles. The Balaban J connectivity index is 2.03. The summed E-state index contributed by atoms with van der Waals surface area (Å²) in [7, 11) is 0. The van der Waals surface area contributed by atoms with Crippen LogP contribution in [-0.2, 0) is 6.42 Å². The Bertz CT molecular complexity index is 747. The highest BCUT2D eigenvalue weighted by atomic mass is 35.5. The summed E-state index contributed by atoms with van der Waals surface area (Å²) in [5.41, 5.74) is 2.76. The Labute approximate surface area is 137 Å². The second kappa shape index (κ2) is 6.14. The second-order valence-corrected chi connectivity index (χ2v) is 6.42. The topological polar surface area (TPSA) is 25.8 Å². The third-order valence-corrected chi connectivity index (χ3v) is 4.62. The van der Waals surface area contributed by atoms with E-state index in [1.54, 1.807) is 11.3 Å². The van der Waals surface area contributed by atoms with Crippen molar-refractivity contribution in [2.24, 2.45) is 0 Å². The molecule has 1 aromatic carbocycles. The molecule has 0 aliphatic heterocycles. The molecule has 0 aliphatic carbocycles. The van der Waals surface area contributed by atoms with Crippen molar-refractivity contribution in [2.45, 2.75) is 13.3 Å². The molecule has 2 aromatic heterocycles. The first-order valence-electron chi connectivity index (χ1n) is 6.45. The van der Waals surface area contributed by atoms with Gasteiger partial charge in [0.2, 0.25) is 0 Å². The molecule has 0 N–H and O–H groups in total. The second-order valence-electron chi connectivity index (χ2n) is 4.67. The maximum Gasteiger partial charge on any atom is 0.142 e. The maximum absolute atomic E-state index is 6.35. The van der Waals surface area contributed by atoms with E-state index in [2.05, 4.69) is 9.97 Å². The molecule has 0 radical (unpaired) electrons. The first-order chi connectivity index (χ1) is 10.1. The first-order valence-corrected chi connectivity index (χ1v) is 8.09. The van der Waals surface area contributed by atoms with Gasteiger partial charge >= 0.3 is 0 Å². The van der Waals surface area contributed by atoms with Gasteiger partial charge in [-0.25, -0.2) is 9.97 Å². The Morgan fingerprint density at radius 2 is 1.71 bits per heavy atom. The summed E-state index contributed by atoms with van der Waals surface area (Å²) in [4.78, 5) is 9.99. The van der Waals surface area contributed by atoms with E-state index in [0.29, 0.717) is 28.1 Å². The van der Waals surface area contributed by atoms with E-state index in [4.69, 9.17) is 23.2 Å². The van der Waals surface area contributed by atoms with Crippen LogP contribution in [0.3, 0.4) is 0 Å². The van der Waals surface area contributed by atoms with Crippen LogP contribution < -0.4 is 0 Å². The van der Waals surface area contributed by atoms with Crippen molar-refractivity contribution in [2.75, 3.05) is 0 Å². The summed E-state index contributed by atoms with van der Waals surface area (Å²) in [6, 6.07) is 12.0.